The first kappa shape index (κ1) is 20.4. The summed E-state index contributed by atoms with van der Waals surface area (Å²) < 4.78 is 4.95. The summed E-state index contributed by atoms with van der Waals surface area (Å²) in [5.74, 6) is 1.24. The second-order valence-corrected chi connectivity index (χ2v) is 10.3. The Labute approximate surface area is 180 Å². The van der Waals surface area contributed by atoms with Gasteiger partial charge in [0.15, 0.2) is 11.0 Å². The van der Waals surface area contributed by atoms with Crippen LogP contribution in [0.4, 0.5) is 0 Å². The molecule has 30 heavy (non-hydrogen) atoms. The van der Waals surface area contributed by atoms with Crippen molar-refractivity contribution >= 4 is 11.0 Å². The third kappa shape index (κ3) is 3.45. The lowest BCUT2D eigenvalue weighted by Crippen LogP contribution is -2.51. The summed E-state index contributed by atoms with van der Waals surface area (Å²) in [5.41, 5.74) is 7.59. The average Bonchev–Trinajstić information content (AvgIpc) is 3.03. The van der Waals surface area contributed by atoms with Gasteiger partial charge in [0.25, 0.3) is 5.82 Å². The molecular formula is C28H33N2+. The number of benzene rings is 3. The first-order chi connectivity index (χ1) is 14.1. The van der Waals surface area contributed by atoms with Gasteiger partial charge in [-0.25, -0.2) is 4.57 Å². The van der Waals surface area contributed by atoms with Crippen molar-refractivity contribution in [3.05, 3.63) is 83.9 Å². The highest BCUT2D eigenvalue weighted by Gasteiger charge is 2.36. The van der Waals surface area contributed by atoms with Crippen LogP contribution in [0.25, 0.3) is 28.1 Å². The number of aromatic nitrogens is 2. The fourth-order valence-corrected chi connectivity index (χ4v) is 4.43. The smallest absolute Gasteiger partial charge is 0.218 e. The maximum absolute atomic E-state index is 2.51. The molecule has 4 rings (SSSR count). The van der Waals surface area contributed by atoms with Crippen LogP contribution in [0.5, 0.6) is 0 Å². The second kappa shape index (κ2) is 7.12. The summed E-state index contributed by atoms with van der Waals surface area (Å²) in [4.78, 5) is 0. The van der Waals surface area contributed by atoms with E-state index >= 15 is 0 Å². The van der Waals surface area contributed by atoms with Crippen LogP contribution in [0.3, 0.4) is 0 Å². The molecule has 0 fully saturated rings. The summed E-state index contributed by atoms with van der Waals surface area (Å²) in [6, 6.07) is 26.4. The first-order valence-corrected chi connectivity index (χ1v) is 10.8. The van der Waals surface area contributed by atoms with Gasteiger partial charge in [-0.05, 0) is 69.0 Å². The number of hydrogen-bond acceptors (Lipinski definition) is 0. The highest BCUT2D eigenvalue weighted by Crippen LogP contribution is 2.37. The van der Waals surface area contributed by atoms with Crippen molar-refractivity contribution in [3.63, 3.8) is 0 Å². The first-order valence-electron chi connectivity index (χ1n) is 10.8. The highest BCUT2D eigenvalue weighted by atomic mass is 15.2. The van der Waals surface area contributed by atoms with Crippen LogP contribution >= 0.6 is 0 Å². The van der Waals surface area contributed by atoms with E-state index in [1.165, 1.54) is 39.2 Å². The molecule has 0 amide bonds. The second-order valence-electron chi connectivity index (χ2n) is 10.3. The van der Waals surface area contributed by atoms with Gasteiger partial charge in [-0.15, -0.1) is 0 Å². The SMILES string of the molecule is Cc1ccc(C(C)(C)C)c(-c2n(-c3ccccc3)c3ccccc3[n+]2C(C)(C)C)c1. The van der Waals surface area contributed by atoms with E-state index < -0.39 is 0 Å². The Morgan fingerprint density at radius 1 is 0.733 bits per heavy atom. The van der Waals surface area contributed by atoms with Crippen LogP contribution in [-0.2, 0) is 11.0 Å². The molecule has 0 aliphatic rings. The van der Waals surface area contributed by atoms with Gasteiger partial charge in [0.05, 0.1) is 5.56 Å². The molecule has 0 unspecified atom stereocenters. The molecule has 1 aromatic heterocycles. The third-order valence-corrected chi connectivity index (χ3v) is 5.70. The maximum Gasteiger partial charge on any atom is 0.295 e. The van der Waals surface area contributed by atoms with Crippen LogP contribution < -0.4 is 4.57 Å². The molecule has 0 atom stereocenters. The van der Waals surface area contributed by atoms with E-state index in [9.17, 15) is 0 Å². The molecule has 4 aromatic rings. The number of nitrogens with zero attached hydrogens (tertiary/aromatic N) is 2. The lowest BCUT2D eigenvalue weighted by atomic mass is 9.82. The van der Waals surface area contributed by atoms with Gasteiger partial charge in [0.2, 0.25) is 0 Å². The van der Waals surface area contributed by atoms with Crippen molar-refractivity contribution in [1.82, 2.24) is 4.57 Å². The van der Waals surface area contributed by atoms with Crippen molar-refractivity contribution in [2.45, 2.75) is 59.4 Å². The van der Waals surface area contributed by atoms with E-state index in [0.717, 1.165) is 0 Å². The Morgan fingerprint density at radius 2 is 1.37 bits per heavy atom. The predicted octanol–water partition coefficient (Wildman–Crippen LogP) is 6.95. The zero-order chi connectivity index (χ0) is 21.7. The van der Waals surface area contributed by atoms with Gasteiger partial charge in [-0.2, -0.15) is 4.57 Å². The van der Waals surface area contributed by atoms with Crippen molar-refractivity contribution in [2.24, 2.45) is 0 Å². The minimum Gasteiger partial charge on any atom is -0.218 e. The van der Waals surface area contributed by atoms with E-state index in [0.29, 0.717) is 0 Å². The molecule has 3 aromatic carbocycles. The number of imidazole rings is 1. The highest BCUT2D eigenvalue weighted by molar-refractivity contribution is 5.80. The zero-order valence-electron chi connectivity index (χ0n) is 19.3. The quantitative estimate of drug-likeness (QED) is 0.324. The van der Waals surface area contributed by atoms with E-state index in [1.807, 2.05) is 0 Å². The molecule has 0 bridgehead atoms. The fourth-order valence-electron chi connectivity index (χ4n) is 4.43. The third-order valence-electron chi connectivity index (χ3n) is 5.70. The van der Waals surface area contributed by atoms with Gasteiger partial charge < -0.3 is 0 Å². The maximum atomic E-state index is 2.51. The molecular weight excluding hydrogens is 364 g/mol. The predicted molar refractivity (Wildman–Crippen MR) is 127 cm³/mol. The molecule has 0 saturated carbocycles. The van der Waals surface area contributed by atoms with E-state index in [-0.39, 0.29) is 11.0 Å². The minimum atomic E-state index is -0.0755. The summed E-state index contributed by atoms with van der Waals surface area (Å²) in [6.45, 7) is 16.0. The number of fused-ring (bicyclic) bond motifs is 1. The van der Waals surface area contributed by atoms with E-state index in [2.05, 4.69) is 130 Å². The average molecular weight is 398 g/mol. The lowest BCUT2D eigenvalue weighted by Gasteiger charge is -2.25. The molecule has 2 heteroatoms. The number of hydrogen-bond donors (Lipinski definition) is 0. The number of rotatable bonds is 2. The molecule has 0 saturated heterocycles. The Morgan fingerprint density at radius 3 is 2.00 bits per heavy atom. The fraction of sp³-hybridized carbons (Fsp3) is 0.321. The van der Waals surface area contributed by atoms with Crippen LogP contribution in [-0.4, -0.2) is 4.57 Å². The van der Waals surface area contributed by atoms with Crippen molar-refractivity contribution in [3.8, 4) is 17.1 Å². The van der Waals surface area contributed by atoms with Crippen molar-refractivity contribution in [2.75, 3.05) is 0 Å². The van der Waals surface area contributed by atoms with Crippen LogP contribution in [0.1, 0.15) is 52.7 Å². The summed E-state index contributed by atoms with van der Waals surface area (Å²) in [6.07, 6.45) is 0. The molecule has 2 nitrogen and oxygen atoms in total. The van der Waals surface area contributed by atoms with Gasteiger partial charge in [0, 0.05) is 0 Å². The largest absolute Gasteiger partial charge is 0.295 e. The van der Waals surface area contributed by atoms with Gasteiger partial charge >= 0.3 is 0 Å². The monoisotopic (exact) mass is 397 g/mol. The number of para-hydroxylation sites is 3. The molecule has 1 heterocycles. The molecule has 0 aliphatic carbocycles. The van der Waals surface area contributed by atoms with Crippen LogP contribution in [0.15, 0.2) is 72.8 Å². The van der Waals surface area contributed by atoms with Crippen LogP contribution in [0, 0.1) is 6.92 Å². The van der Waals surface area contributed by atoms with Crippen molar-refractivity contribution in [1.29, 1.82) is 0 Å². The lowest BCUT2D eigenvalue weighted by molar-refractivity contribution is -0.720. The van der Waals surface area contributed by atoms with Crippen LogP contribution in [0.2, 0.25) is 0 Å². The summed E-state index contributed by atoms with van der Waals surface area (Å²) in [7, 11) is 0. The standard InChI is InChI=1S/C28H33N2/c1-20-17-18-23(27(2,3)4)22(19-20)26-29(21-13-9-8-10-14-21)24-15-11-12-16-25(24)30(26)28(5,6)7/h8-19H,1-7H3/q+1. The Balaban J connectivity index is 2.25. The topological polar surface area (TPSA) is 8.81 Å². The van der Waals surface area contributed by atoms with Crippen molar-refractivity contribution < 1.29 is 4.57 Å². The molecule has 0 spiro atoms. The molecule has 154 valence electrons. The zero-order valence-corrected chi connectivity index (χ0v) is 19.3. The van der Waals surface area contributed by atoms with Gasteiger partial charge in [-0.3, -0.25) is 0 Å². The Kier molecular flexibility index (Phi) is 4.85. The molecule has 0 aliphatic heterocycles. The summed E-state index contributed by atoms with van der Waals surface area (Å²) >= 11 is 0. The van der Waals surface area contributed by atoms with E-state index in [4.69, 9.17) is 0 Å². The Hall–Kier alpha value is -2.87. The normalized spacial score (nSPS) is 12.5. The summed E-state index contributed by atoms with van der Waals surface area (Å²) in [5, 5.41) is 0. The van der Waals surface area contributed by atoms with Gasteiger partial charge in [-0.1, -0.05) is 68.8 Å². The molecule has 0 radical (unpaired) electrons. The molecule has 0 N–H and O–H groups in total. The number of aryl methyl sites for hydroxylation is 1. The van der Waals surface area contributed by atoms with E-state index in [1.54, 1.807) is 0 Å². The Bertz CT molecular complexity index is 1200. The minimum absolute atomic E-state index is 0.0384. The van der Waals surface area contributed by atoms with Gasteiger partial charge in [0.1, 0.15) is 11.2 Å².